The first-order valence-electron chi connectivity index (χ1n) is 9.76. The first kappa shape index (κ1) is 21.7. The summed E-state index contributed by atoms with van der Waals surface area (Å²) in [6, 6.07) is 22.7. The predicted molar refractivity (Wildman–Crippen MR) is 119 cm³/mol. The van der Waals surface area contributed by atoms with E-state index < -0.39 is 0 Å². The van der Waals surface area contributed by atoms with E-state index in [-0.39, 0.29) is 12.0 Å². The molecule has 2 N–H and O–H groups in total. The van der Waals surface area contributed by atoms with Crippen LogP contribution < -0.4 is 20.3 Å². The van der Waals surface area contributed by atoms with Crippen molar-refractivity contribution in [3.8, 4) is 11.5 Å². The molecule has 0 aliphatic heterocycles. The van der Waals surface area contributed by atoms with Crippen molar-refractivity contribution in [3.63, 3.8) is 0 Å². The average molecular weight is 425 g/mol. The largest absolute Gasteiger partial charge is 0.489 e. The molecule has 5 nitrogen and oxygen atoms in total. The molecule has 0 saturated carbocycles. The van der Waals surface area contributed by atoms with E-state index in [0.717, 1.165) is 16.9 Å². The van der Waals surface area contributed by atoms with Crippen LogP contribution in [-0.2, 0) is 13.2 Å². The van der Waals surface area contributed by atoms with Crippen molar-refractivity contribution >= 4 is 17.5 Å². The topological polar surface area (TPSA) is 59.6 Å². The van der Waals surface area contributed by atoms with E-state index in [9.17, 15) is 4.79 Å². The second kappa shape index (κ2) is 10.7. The number of hydrazine groups is 1. The van der Waals surface area contributed by atoms with Crippen LogP contribution in [0.3, 0.4) is 0 Å². The van der Waals surface area contributed by atoms with Crippen LogP contribution in [0.25, 0.3) is 0 Å². The summed E-state index contributed by atoms with van der Waals surface area (Å²) in [5.41, 5.74) is 8.19. The SMILES string of the molecule is CC(C)Oc1ccc(C(=O)NNCc2ccc(OCc3ccccc3)cc2)cc1Cl. The van der Waals surface area contributed by atoms with Crippen LogP contribution in [0.4, 0.5) is 0 Å². The summed E-state index contributed by atoms with van der Waals surface area (Å²) in [6.07, 6.45) is 0.0129. The second-order valence-electron chi connectivity index (χ2n) is 7.04. The molecule has 30 heavy (non-hydrogen) atoms. The fraction of sp³-hybridized carbons (Fsp3) is 0.208. The average Bonchev–Trinajstić information content (AvgIpc) is 2.75. The summed E-state index contributed by atoms with van der Waals surface area (Å²) in [5, 5.41) is 0.405. The molecular formula is C24H25ClN2O3. The predicted octanol–water partition coefficient (Wildman–Crippen LogP) is 5.14. The molecule has 0 spiro atoms. The number of benzene rings is 3. The molecule has 3 aromatic rings. The fourth-order valence-electron chi connectivity index (χ4n) is 2.73. The van der Waals surface area contributed by atoms with Crippen molar-refractivity contribution in [1.82, 2.24) is 10.9 Å². The molecule has 0 fully saturated rings. The molecule has 0 aromatic heterocycles. The Labute approximate surface area is 181 Å². The molecule has 0 saturated heterocycles. The molecule has 3 rings (SSSR count). The Bertz CT molecular complexity index is 960. The Hall–Kier alpha value is -3.02. The van der Waals surface area contributed by atoms with Crippen LogP contribution in [0, 0.1) is 0 Å². The molecular weight excluding hydrogens is 400 g/mol. The number of carbonyl (C=O) groups is 1. The normalized spacial score (nSPS) is 10.7. The van der Waals surface area contributed by atoms with Crippen molar-refractivity contribution < 1.29 is 14.3 Å². The quantitative estimate of drug-likeness (QED) is 0.467. The summed E-state index contributed by atoms with van der Waals surface area (Å²) < 4.78 is 11.4. The zero-order valence-corrected chi connectivity index (χ0v) is 17.8. The van der Waals surface area contributed by atoms with Crippen LogP contribution in [-0.4, -0.2) is 12.0 Å². The third kappa shape index (κ3) is 6.51. The Morgan fingerprint density at radius 3 is 2.37 bits per heavy atom. The van der Waals surface area contributed by atoms with E-state index in [1.807, 2.05) is 68.4 Å². The van der Waals surface area contributed by atoms with Gasteiger partial charge >= 0.3 is 0 Å². The Balaban J connectivity index is 1.45. The molecule has 0 radical (unpaired) electrons. The van der Waals surface area contributed by atoms with Crippen molar-refractivity contribution in [2.45, 2.75) is 33.1 Å². The van der Waals surface area contributed by atoms with Crippen LogP contribution in [0.15, 0.2) is 72.8 Å². The molecule has 0 aliphatic rings. The number of amides is 1. The van der Waals surface area contributed by atoms with Gasteiger partial charge in [0.2, 0.25) is 0 Å². The van der Waals surface area contributed by atoms with Crippen LogP contribution in [0.1, 0.15) is 35.3 Å². The maximum atomic E-state index is 12.3. The lowest BCUT2D eigenvalue weighted by Crippen LogP contribution is -2.36. The third-order valence-electron chi connectivity index (χ3n) is 4.22. The van der Waals surface area contributed by atoms with Gasteiger partial charge in [-0.05, 0) is 55.3 Å². The minimum Gasteiger partial charge on any atom is -0.489 e. The van der Waals surface area contributed by atoms with Gasteiger partial charge in [-0.1, -0.05) is 54.1 Å². The minimum atomic E-state index is -0.268. The smallest absolute Gasteiger partial charge is 0.265 e. The van der Waals surface area contributed by atoms with Gasteiger partial charge in [0, 0.05) is 12.1 Å². The molecule has 0 bridgehead atoms. The zero-order chi connectivity index (χ0) is 21.3. The van der Waals surface area contributed by atoms with E-state index in [4.69, 9.17) is 21.1 Å². The third-order valence-corrected chi connectivity index (χ3v) is 4.52. The van der Waals surface area contributed by atoms with Gasteiger partial charge in [0.1, 0.15) is 18.1 Å². The van der Waals surface area contributed by atoms with Crippen molar-refractivity contribution in [2.75, 3.05) is 0 Å². The first-order valence-corrected chi connectivity index (χ1v) is 10.1. The molecule has 6 heteroatoms. The first-order chi connectivity index (χ1) is 14.5. The summed E-state index contributed by atoms with van der Waals surface area (Å²) in [4.78, 5) is 12.3. The highest BCUT2D eigenvalue weighted by atomic mass is 35.5. The lowest BCUT2D eigenvalue weighted by Gasteiger charge is -2.13. The summed E-state index contributed by atoms with van der Waals surface area (Å²) in [7, 11) is 0. The van der Waals surface area contributed by atoms with Crippen LogP contribution in [0.5, 0.6) is 11.5 Å². The minimum absolute atomic E-state index is 0.0129. The van der Waals surface area contributed by atoms with E-state index in [1.165, 1.54) is 0 Å². The lowest BCUT2D eigenvalue weighted by molar-refractivity contribution is 0.0932. The van der Waals surface area contributed by atoms with Gasteiger partial charge in [0.25, 0.3) is 5.91 Å². The van der Waals surface area contributed by atoms with Gasteiger partial charge in [-0.2, -0.15) is 0 Å². The second-order valence-corrected chi connectivity index (χ2v) is 7.44. The highest BCUT2D eigenvalue weighted by Gasteiger charge is 2.10. The van der Waals surface area contributed by atoms with Gasteiger partial charge in [0.15, 0.2) is 0 Å². The lowest BCUT2D eigenvalue weighted by atomic mass is 10.2. The summed E-state index contributed by atoms with van der Waals surface area (Å²) >= 11 is 6.19. The van der Waals surface area contributed by atoms with Crippen molar-refractivity contribution in [2.24, 2.45) is 0 Å². The van der Waals surface area contributed by atoms with E-state index in [1.54, 1.807) is 18.2 Å². The maximum absolute atomic E-state index is 12.3. The Kier molecular flexibility index (Phi) is 7.71. The van der Waals surface area contributed by atoms with Crippen molar-refractivity contribution in [3.05, 3.63) is 94.5 Å². The summed E-state index contributed by atoms with van der Waals surface area (Å²) in [5.74, 6) is 1.09. The van der Waals surface area contributed by atoms with Crippen LogP contribution >= 0.6 is 11.6 Å². The standard InChI is InChI=1S/C24H25ClN2O3/c1-17(2)30-23-13-10-20(14-22(23)25)24(28)27-26-15-18-8-11-21(12-9-18)29-16-19-6-4-3-5-7-19/h3-14,17,26H,15-16H2,1-2H3,(H,27,28). The van der Waals surface area contributed by atoms with Gasteiger partial charge in [-0.3, -0.25) is 10.2 Å². The summed E-state index contributed by atoms with van der Waals surface area (Å²) in [6.45, 7) is 4.84. The van der Waals surface area contributed by atoms with E-state index >= 15 is 0 Å². The maximum Gasteiger partial charge on any atom is 0.265 e. The number of rotatable bonds is 9. The zero-order valence-electron chi connectivity index (χ0n) is 17.0. The van der Waals surface area contributed by atoms with E-state index in [0.29, 0.717) is 29.5 Å². The number of carbonyl (C=O) groups excluding carboxylic acids is 1. The van der Waals surface area contributed by atoms with Crippen LogP contribution in [0.2, 0.25) is 5.02 Å². The van der Waals surface area contributed by atoms with Gasteiger partial charge in [0.05, 0.1) is 11.1 Å². The molecule has 156 valence electrons. The highest BCUT2D eigenvalue weighted by molar-refractivity contribution is 6.32. The number of nitrogens with one attached hydrogen (secondary N) is 2. The molecule has 0 atom stereocenters. The molecule has 0 aliphatic carbocycles. The Morgan fingerprint density at radius 2 is 1.70 bits per heavy atom. The van der Waals surface area contributed by atoms with Crippen molar-refractivity contribution in [1.29, 1.82) is 0 Å². The Morgan fingerprint density at radius 1 is 0.967 bits per heavy atom. The number of hydrogen-bond donors (Lipinski definition) is 2. The molecule has 3 aromatic carbocycles. The van der Waals surface area contributed by atoms with Gasteiger partial charge in [-0.25, -0.2) is 5.43 Å². The van der Waals surface area contributed by atoms with Gasteiger partial charge in [-0.15, -0.1) is 0 Å². The molecule has 0 heterocycles. The number of ether oxygens (including phenoxy) is 2. The number of hydrogen-bond acceptors (Lipinski definition) is 4. The van der Waals surface area contributed by atoms with E-state index in [2.05, 4.69) is 10.9 Å². The number of halogens is 1. The molecule has 0 unspecified atom stereocenters. The fourth-order valence-corrected chi connectivity index (χ4v) is 2.96. The van der Waals surface area contributed by atoms with Gasteiger partial charge < -0.3 is 9.47 Å². The highest BCUT2D eigenvalue weighted by Crippen LogP contribution is 2.26. The monoisotopic (exact) mass is 424 g/mol. The molecule has 1 amide bonds.